The standard InChI is InChI=1S/C36H40FNO5Si/c1-27(29-12-14-31(15-13-29)30-8-6-5-7-9-30)38-42-23-22-40-33-18-10-28(11-19-33)26-35(36(39)41-24-25-44(2,3)4)43-34-20-16-32(37)17-21-34/h5-21,35H,22-26H2,1-4H3/t35-/m0/s1. The van der Waals surface area contributed by atoms with Crippen LogP contribution >= 0.6 is 0 Å². The first-order chi connectivity index (χ1) is 21.2. The topological polar surface area (TPSA) is 66.3 Å². The summed E-state index contributed by atoms with van der Waals surface area (Å²) in [5.74, 6) is 0.264. The van der Waals surface area contributed by atoms with Gasteiger partial charge in [-0.15, -0.1) is 0 Å². The molecule has 0 saturated carbocycles. The zero-order valence-electron chi connectivity index (χ0n) is 25.8. The number of carbonyl (C=O) groups is 1. The van der Waals surface area contributed by atoms with Crippen molar-refractivity contribution < 1.29 is 28.2 Å². The highest BCUT2D eigenvalue weighted by atomic mass is 28.3. The second kappa shape index (κ2) is 15.9. The van der Waals surface area contributed by atoms with E-state index in [2.05, 4.69) is 49.1 Å². The van der Waals surface area contributed by atoms with Crippen molar-refractivity contribution in [3.8, 4) is 22.6 Å². The molecular weight excluding hydrogens is 573 g/mol. The van der Waals surface area contributed by atoms with Gasteiger partial charge in [0.15, 0.2) is 12.7 Å². The molecule has 0 aliphatic heterocycles. The number of nitrogens with zero attached hydrogens (tertiary/aromatic N) is 1. The first-order valence-corrected chi connectivity index (χ1v) is 18.5. The van der Waals surface area contributed by atoms with Crippen LogP contribution in [0.1, 0.15) is 18.1 Å². The van der Waals surface area contributed by atoms with Crippen molar-refractivity contribution in [3.63, 3.8) is 0 Å². The maximum Gasteiger partial charge on any atom is 0.347 e. The number of hydrogen-bond acceptors (Lipinski definition) is 6. The summed E-state index contributed by atoms with van der Waals surface area (Å²) in [4.78, 5) is 18.4. The quantitative estimate of drug-likeness (QED) is 0.0445. The molecule has 0 radical (unpaired) electrons. The molecule has 0 saturated heterocycles. The molecule has 44 heavy (non-hydrogen) atoms. The monoisotopic (exact) mass is 613 g/mol. The first kappa shape index (κ1) is 32.5. The molecule has 0 aliphatic carbocycles. The summed E-state index contributed by atoms with van der Waals surface area (Å²) in [7, 11) is -1.36. The molecule has 4 rings (SSSR count). The van der Waals surface area contributed by atoms with Crippen molar-refractivity contribution in [2.45, 2.75) is 45.1 Å². The normalized spacial score (nSPS) is 12.3. The summed E-state index contributed by atoms with van der Waals surface area (Å²) >= 11 is 0. The smallest absolute Gasteiger partial charge is 0.347 e. The Morgan fingerprint density at radius 3 is 2.07 bits per heavy atom. The van der Waals surface area contributed by atoms with Crippen LogP contribution in [0, 0.1) is 5.82 Å². The number of oxime groups is 1. The summed E-state index contributed by atoms with van der Waals surface area (Å²) in [6, 6.07) is 32.4. The number of hydrogen-bond donors (Lipinski definition) is 0. The van der Waals surface area contributed by atoms with Crippen LogP contribution in [0.15, 0.2) is 108 Å². The maximum atomic E-state index is 13.4. The van der Waals surface area contributed by atoms with Gasteiger partial charge in [-0.3, -0.25) is 0 Å². The molecule has 4 aromatic rings. The van der Waals surface area contributed by atoms with Crippen molar-refractivity contribution in [1.29, 1.82) is 0 Å². The van der Waals surface area contributed by atoms with Gasteiger partial charge in [-0.2, -0.15) is 0 Å². The molecule has 0 fully saturated rings. The fraction of sp³-hybridized carbons (Fsp3) is 0.278. The number of ether oxygens (including phenoxy) is 3. The first-order valence-electron chi connectivity index (χ1n) is 14.8. The highest BCUT2D eigenvalue weighted by Crippen LogP contribution is 2.21. The van der Waals surface area contributed by atoms with E-state index < -0.39 is 20.1 Å². The third-order valence-electron chi connectivity index (χ3n) is 6.85. The molecule has 1 atom stereocenters. The molecule has 0 spiro atoms. The van der Waals surface area contributed by atoms with Crippen LogP contribution in [0.3, 0.4) is 0 Å². The number of esters is 1. The summed E-state index contributed by atoms with van der Waals surface area (Å²) in [5, 5.41) is 4.23. The summed E-state index contributed by atoms with van der Waals surface area (Å²) < 4.78 is 30.7. The van der Waals surface area contributed by atoms with Gasteiger partial charge in [-0.1, -0.05) is 91.5 Å². The predicted molar refractivity (Wildman–Crippen MR) is 176 cm³/mol. The molecule has 230 valence electrons. The number of rotatable bonds is 15. The molecule has 0 heterocycles. The number of carbonyl (C=O) groups excluding carboxylic acids is 1. The van der Waals surface area contributed by atoms with Crippen LogP contribution in [0.5, 0.6) is 11.5 Å². The minimum Gasteiger partial charge on any atom is -0.490 e. The Morgan fingerprint density at radius 2 is 1.41 bits per heavy atom. The van der Waals surface area contributed by atoms with Crippen molar-refractivity contribution in [3.05, 3.63) is 120 Å². The zero-order chi connectivity index (χ0) is 31.4. The van der Waals surface area contributed by atoms with Crippen LogP contribution in [0.4, 0.5) is 4.39 Å². The lowest BCUT2D eigenvalue weighted by atomic mass is 10.0. The average molecular weight is 614 g/mol. The average Bonchev–Trinajstić information content (AvgIpc) is 3.02. The summed E-state index contributed by atoms with van der Waals surface area (Å²) in [6.45, 7) is 9.56. The lowest BCUT2D eigenvalue weighted by Crippen LogP contribution is -2.33. The van der Waals surface area contributed by atoms with Crippen LogP contribution in [-0.4, -0.2) is 45.7 Å². The van der Waals surface area contributed by atoms with E-state index in [0.717, 1.165) is 28.4 Å². The predicted octanol–water partition coefficient (Wildman–Crippen LogP) is 8.18. The van der Waals surface area contributed by atoms with Gasteiger partial charge in [0, 0.05) is 14.5 Å². The van der Waals surface area contributed by atoms with Gasteiger partial charge in [0.25, 0.3) is 0 Å². The molecule has 0 N–H and O–H groups in total. The fourth-order valence-electron chi connectivity index (χ4n) is 4.26. The van der Waals surface area contributed by atoms with E-state index in [-0.39, 0.29) is 12.4 Å². The van der Waals surface area contributed by atoms with Crippen molar-refractivity contribution >= 4 is 19.8 Å². The van der Waals surface area contributed by atoms with Gasteiger partial charge in [0.1, 0.15) is 23.9 Å². The van der Waals surface area contributed by atoms with Crippen LogP contribution in [-0.2, 0) is 20.8 Å². The Morgan fingerprint density at radius 1 is 0.773 bits per heavy atom. The van der Waals surface area contributed by atoms with Crippen molar-refractivity contribution in [1.82, 2.24) is 0 Å². The molecule has 0 aromatic heterocycles. The third kappa shape index (κ3) is 10.7. The van der Waals surface area contributed by atoms with Gasteiger partial charge in [-0.05, 0) is 71.6 Å². The molecule has 8 heteroatoms. The Hall–Kier alpha value is -4.43. The Balaban J connectivity index is 1.26. The molecule has 0 aliphatic rings. The van der Waals surface area contributed by atoms with E-state index >= 15 is 0 Å². The SMILES string of the molecule is CC(=NOCCOc1ccc(C[C@H](Oc2ccc(F)cc2)C(=O)OCC[Si](C)(C)C)cc1)c1ccc(-c2ccccc2)cc1. The molecule has 0 amide bonds. The third-order valence-corrected chi connectivity index (χ3v) is 8.55. The molecular formula is C36H40FNO5Si. The molecule has 4 aromatic carbocycles. The second-order valence-corrected chi connectivity index (χ2v) is 17.3. The number of halogens is 1. The van der Waals surface area contributed by atoms with Crippen LogP contribution < -0.4 is 9.47 Å². The highest BCUT2D eigenvalue weighted by Gasteiger charge is 2.24. The minimum absolute atomic E-state index is 0.290. The zero-order valence-corrected chi connectivity index (χ0v) is 26.8. The second-order valence-electron chi connectivity index (χ2n) is 11.7. The molecule has 6 nitrogen and oxygen atoms in total. The highest BCUT2D eigenvalue weighted by molar-refractivity contribution is 6.76. The number of benzene rings is 4. The van der Waals surface area contributed by atoms with E-state index in [1.807, 2.05) is 61.5 Å². The van der Waals surface area contributed by atoms with E-state index in [9.17, 15) is 9.18 Å². The lowest BCUT2D eigenvalue weighted by Gasteiger charge is -2.20. The van der Waals surface area contributed by atoms with Gasteiger partial charge in [-0.25, -0.2) is 9.18 Å². The van der Waals surface area contributed by atoms with Gasteiger partial charge < -0.3 is 19.0 Å². The largest absolute Gasteiger partial charge is 0.490 e. The van der Waals surface area contributed by atoms with Crippen molar-refractivity contribution in [2.75, 3.05) is 19.8 Å². The Kier molecular flexibility index (Phi) is 11.7. The van der Waals surface area contributed by atoms with Crippen LogP contribution in [0.25, 0.3) is 11.1 Å². The van der Waals surface area contributed by atoms with Crippen LogP contribution in [0.2, 0.25) is 25.7 Å². The maximum absolute atomic E-state index is 13.4. The van der Waals surface area contributed by atoms with E-state index in [4.69, 9.17) is 19.0 Å². The van der Waals surface area contributed by atoms with E-state index in [1.165, 1.54) is 29.8 Å². The van der Waals surface area contributed by atoms with Gasteiger partial charge in [0.05, 0.1) is 12.3 Å². The molecule has 0 bridgehead atoms. The van der Waals surface area contributed by atoms with Gasteiger partial charge >= 0.3 is 5.97 Å². The minimum atomic E-state index is -1.36. The fourth-order valence-corrected chi connectivity index (χ4v) is 4.98. The summed E-state index contributed by atoms with van der Waals surface area (Å²) in [6.07, 6.45) is -0.565. The molecule has 0 unspecified atom stereocenters. The Labute approximate surface area is 260 Å². The Bertz CT molecular complexity index is 1490. The van der Waals surface area contributed by atoms with E-state index in [1.54, 1.807) is 0 Å². The van der Waals surface area contributed by atoms with Crippen molar-refractivity contribution in [2.24, 2.45) is 5.16 Å². The van der Waals surface area contributed by atoms with E-state index in [0.29, 0.717) is 31.1 Å². The van der Waals surface area contributed by atoms with Gasteiger partial charge in [0.2, 0.25) is 0 Å². The lowest BCUT2D eigenvalue weighted by molar-refractivity contribution is -0.151. The summed E-state index contributed by atoms with van der Waals surface area (Å²) in [5.41, 5.74) is 4.97.